The van der Waals surface area contributed by atoms with E-state index in [2.05, 4.69) is 44.4 Å². The Morgan fingerprint density at radius 1 is 1.18 bits per heavy atom. The normalized spacial score (nSPS) is 21.0. The molecule has 162 valence electrons. The number of carbonyl (C=O) groups is 1. The third-order valence-corrected chi connectivity index (χ3v) is 5.83. The van der Waals surface area contributed by atoms with E-state index < -0.39 is 0 Å². The molecule has 1 amide bonds. The van der Waals surface area contributed by atoms with Gasteiger partial charge in [0.05, 0.1) is 13.2 Å². The minimum Gasteiger partial charge on any atom is -0.383 e. The monoisotopic (exact) mass is 398 g/mol. The number of carbonyl (C=O) groups excluding carboxylic acids is 1. The molecule has 0 spiro atoms. The van der Waals surface area contributed by atoms with Crippen LogP contribution >= 0.6 is 0 Å². The number of hydrogen-bond acceptors (Lipinski definition) is 6. The zero-order chi connectivity index (χ0) is 20.4. The van der Waals surface area contributed by atoms with E-state index in [9.17, 15) is 4.79 Å². The molecule has 0 aliphatic carbocycles. The zero-order valence-electron chi connectivity index (χ0n) is 18.0. The quantitative estimate of drug-likeness (QED) is 0.310. The van der Waals surface area contributed by atoms with Gasteiger partial charge in [0.1, 0.15) is 0 Å². The van der Waals surface area contributed by atoms with Crippen LogP contribution in [0.2, 0.25) is 0 Å². The maximum absolute atomic E-state index is 12.0. The number of aliphatic imine (C=N–C) groups is 1. The summed E-state index contributed by atoms with van der Waals surface area (Å²) in [5.41, 5.74) is 0.107. The van der Waals surface area contributed by atoms with Crippen molar-refractivity contribution < 1.29 is 14.3 Å². The van der Waals surface area contributed by atoms with Gasteiger partial charge in [0.2, 0.25) is 5.91 Å². The number of amides is 1. The molecule has 0 aromatic heterocycles. The number of guanidine groups is 1. The molecule has 2 aliphatic rings. The highest BCUT2D eigenvalue weighted by Crippen LogP contribution is 2.25. The molecule has 2 N–H and O–H groups in total. The minimum atomic E-state index is 0.0560. The van der Waals surface area contributed by atoms with Gasteiger partial charge in [-0.2, -0.15) is 0 Å². The molecule has 0 aromatic rings. The van der Waals surface area contributed by atoms with Gasteiger partial charge in [-0.3, -0.25) is 14.7 Å². The molecule has 0 atom stereocenters. The van der Waals surface area contributed by atoms with Gasteiger partial charge in [-0.1, -0.05) is 0 Å². The molecule has 2 saturated heterocycles. The number of likely N-dealkylation sites (N-methyl/N-ethyl adjacent to an activating group) is 1. The summed E-state index contributed by atoms with van der Waals surface area (Å²) in [7, 11) is 7.76. The van der Waals surface area contributed by atoms with Crippen molar-refractivity contribution in [2.24, 2.45) is 4.99 Å². The summed E-state index contributed by atoms with van der Waals surface area (Å²) in [6, 6.07) is 0. The first kappa shape index (κ1) is 22.9. The molecule has 2 aliphatic heterocycles. The van der Waals surface area contributed by atoms with Crippen molar-refractivity contribution in [2.45, 2.75) is 18.4 Å². The van der Waals surface area contributed by atoms with Crippen LogP contribution < -0.4 is 10.6 Å². The number of methoxy groups -OCH3 is 1. The second-order valence-corrected chi connectivity index (χ2v) is 7.74. The first-order valence-corrected chi connectivity index (χ1v) is 10.2. The topological polar surface area (TPSA) is 81.7 Å². The Balaban J connectivity index is 1.77. The highest BCUT2D eigenvalue weighted by Gasteiger charge is 2.35. The lowest BCUT2D eigenvalue weighted by atomic mass is 9.88. The fourth-order valence-electron chi connectivity index (χ4n) is 3.78. The van der Waals surface area contributed by atoms with E-state index in [4.69, 9.17) is 9.47 Å². The van der Waals surface area contributed by atoms with Gasteiger partial charge in [-0.05, 0) is 26.9 Å². The Morgan fingerprint density at radius 3 is 2.43 bits per heavy atom. The van der Waals surface area contributed by atoms with Crippen molar-refractivity contribution in [2.75, 3.05) is 93.9 Å². The first-order valence-electron chi connectivity index (χ1n) is 10.2. The summed E-state index contributed by atoms with van der Waals surface area (Å²) in [6.45, 7) is 7.45. The van der Waals surface area contributed by atoms with Crippen LogP contribution in [0, 0.1) is 0 Å². The Bertz CT molecular complexity index is 500. The number of piperazine rings is 1. The second-order valence-electron chi connectivity index (χ2n) is 7.74. The molecule has 2 fully saturated rings. The summed E-state index contributed by atoms with van der Waals surface area (Å²) in [4.78, 5) is 23.2. The first-order chi connectivity index (χ1) is 13.5. The number of nitrogens with zero attached hydrogens (tertiary/aromatic N) is 4. The predicted octanol–water partition coefficient (Wildman–Crippen LogP) is -0.947. The number of ether oxygens (including phenoxy) is 2. The van der Waals surface area contributed by atoms with Crippen molar-refractivity contribution in [3.63, 3.8) is 0 Å². The molecule has 0 aromatic carbocycles. The van der Waals surface area contributed by atoms with Gasteiger partial charge in [-0.15, -0.1) is 0 Å². The van der Waals surface area contributed by atoms with Gasteiger partial charge in [0.15, 0.2) is 5.96 Å². The van der Waals surface area contributed by atoms with Crippen molar-refractivity contribution in [1.29, 1.82) is 0 Å². The van der Waals surface area contributed by atoms with Gasteiger partial charge in [0, 0.05) is 72.2 Å². The van der Waals surface area contributed by atoms with Crippen LogP contribution in [0.5, 0.6) is 0 Å². The molecule has 0 unspecified atom stereocenters. The van der Waals surface area contributed by atoms with Crippen LogP contribution in [0.1, 0.15) is 12.8 Å². The summed E-state index contributed by atoms with van der Waals surface area (Å²) in [6.07, 6.45) is 2.05. The van der Waals surface area contributed by atoms with Crippen LogP contribution in [0.25, 0.3) is 0 Å². The molecular weight excluding hydrogens is 360 g/mol. The van der Waals surface area contributed by atoms with Crippen LogP contribution in [0.15, 0.2) is 4.99 Å². The van der Waals surface area contributed by atoms with Crippen molar-refractivity contribution in [3.8, 4) is 0 Å². The highest BCUT2D eigenvalue weighted by molar-refractivity contribution is 5.80. The third-order valence-electron chi connectivity index (χ3n) is 5.83. The van der Waals surface area contributed by atoms with Crippen molar-refractivity contribution in [1.82, 2.24) is 25.3 Å². The maximum Gasteiger partial charge on any atom is 0.234 e. The summed E-state index contributed by atoms with van der Waals surface area (Å²) >= 11 is 0. The average Bonchev–Trinajstić information content (AvgIpc) is 2.70. The second kappa shape index (κ2) is 11.5. The van der Waals surface area contributed by atoms with Crippen LogP contribution in [-0.2, 0) is 14.3 Å². The van der Waals surface area contributed by atoms with Crippen LogP contribution in [-0.4, -0.2) is 126 Å². The van der Waals surface area contributed by atoms with E-state index in [1.54, 1.807) is 7.11 Å². The minimum absolute atomic E-state index is 0.0560. The predicted molar refractivity (Wildman–Crippen MR) is 111 cm³/mol. The molecule has 9 heteroatoms. The van der Waals surface area contributed by atoms with Gasteiger partial charge < -0.3 is 29.9 Å². The molecular formula is C19H38N6O3. The summed E-state index contributed by atoms with van der Waals surface area (Å²) < 4.78 is 10.5. The van der Waals surface area contributed by atoms with Crippen molar-refractivity contribution in [3.05, 3.63) is 0 Å². The standard InChI is InChI=1S/C19H38N6O3/c1-20-18(22-16-19(23(2)3)5-12-28-13-6-19)25-10-8-24(9-11-25)15-17(26)21-7-14-27-4/h5-16H2,1-4H3,(H,20,22)(H,21,26). The Hall–Kier alpha value is -1.42. The van der Waals surface area contributed by atoms with Gasteiger partial charge >= 0.3 is 0 Å². The van der Waals surface area contributed by atoms with Crippen LogP contribution in [0.4, 0.5) is 0 Å². The molecule has 0 saturated carbocycles. The fourth-order valence-corrected chi connectivity index (χ4v) is 3.78. The lowest BCUT2D eigenvalue weighted by Gasteiger charge is -2.44. The molecule has 2 rings (SSSR count). The maximum atomic E-state index is 12.0. The SMILES string of the molecule is CN=C(NCC1(N(C)C)CCOCC1)N1CCN(CC(=O)NCCOC)CC1. The summed E-state index contributed by atoms with van der Waals surface area (Å²) in [5.74, 6) is 0.998. The number of hydrogen-bond donors (Lipinski definition) is 2. The van der Waals surface area contributed by atoms with E-state index >= 15 is 0 Å². The Labute approximate surface area is 169 Å². The fraction of sp³-hybridized carbons (Fsp3) is 0.895. The lowest BCUT2D eigenvalue weighted by Crippen LogP contribution is -2.59. The number of nitrogens with one attached hydrogen (secondary N) is 2. The Kier molecular flexibility index (Phi) is 9.43. The third kappa shape index (κ3) is 6.58. The molecule has 28 heavy (non-hydrogen) atoms. The van der Waals surface area contributed by atoms with E-state index in [0.717, 1.165) is 64.7 Å². The van der Waals surface area contributed by atoms with E-state index in [-0.39, 0.29) is 11.4 Å². The van der Waals surface area contributed by atoms with Crippen LogP contribution in [0.3, 0.4) is 0 Å². The summed E-state index contributed by atoms with van der Waals surface area (Å²) in [5, 5.41) is 6.47. The highest BCUT2D eigenvalue weighted by atomic mass is 16.5. The zero-order valence-corrected chi connectivity index (χ0v) is 18.0. The molecule has 0 bridgehead atoms. The smallest absolute Gasteiger partial charge is 0.234 e. The largest absolute Gasteiger partial charge is 0.383 e. The van der Waals surface area contributed by atoms with Gasteiger partial charge in [-0.25, -0.2) is 0 Å². The lowest BCUT2D eigenvalue weighted by molar-refractivity contribution is -0.122. The molecule has 2 heterocycles. The Morgan fingerprint density at radius 2 is 1.86 bits per heavy atom. The number of rotatable bonds is 8. The average molecular weight is 399 g/mol. The van der Waals surface area contributed by atoms with E-state index in [0.29, 0.717) is 19.7 Å². The van der Waals surface area contributed by atoms with E-state index in [1.807, 2.05) is 7.05 Å². The van der Waals surface area contributed by atoms with Gasteiger partial charge in [0.25, 0.3) is 0 Å². The van der Waals surface area contributed by atoms with E-state index in [1.165, 1.54) is 0 Å². The molecule has 0 radical (unpaired) electrons. The van der Waals surface area contributed by atoms with Crippen molar-refractivity contribution >= 4 is 11.9 Å². The molecule has 9 nitrogen and oxygen atoms in total.